The van der Waals surface area contributed by atoms with Gasteiger partial charge in [0.15, 0.2) is 17.3 Å². The maximum absolute atomic E-state index is 11.8. The Kier molecular flexibility index (Phi) is 8.44. The van der Waals surface area contributed by atoms with Gasteiger partial charge in [-0.3, -0.25) is 4.79 Å². The molecule has 0 fully saturated rings. The first-order chi connectivity index (χ1) is 16.4. The van der Waals surface area contributed by atoms with Gasteiger partial charge in [0, 0.05) is 28.1 Å². The molecule has 0 saturated heterocycles. The lowest BCUT2D eigenvalue weighted by molar-refractivity contribution is -0.130. The number of nitrogens with zero attached hydrogens (tertiary/aromatic N) is 2. The van der Waals surface area contributed by atoms with Crippen LogP contribution in [0.15, 0.2) is 42.7 Å². The minimum absolute atomic E-state index is 0.123. The zero-order valence-corrected chi connectivity index (χ0v) is 19.9. The van der Waals surface area contributed by atoms with E-state index in [0.717, 1.165) is 47.8 Å². The number of carbonyl (C=O) groups excluding carboxylic acids is 1. The Balaban J connectivity index is 1.68. The number of ether oxygens (including phenoxy) is 2. The van der Waals surface area contributed by atoms with Crippen LogP contribution in [0.25, 0.3) is 10.9 Å². The molecule has 0 unspecified atom stereocenters. The molecule has 0 atom stereocenters. The average molecular weight is 462 g/mol. The molecule has 2 aromatic carbocycles. The minimum atomic E-state index is -0.500. The fourth-order valence-corrected chi connectivity index (χ4v) is 3.64. The Labute approximate surface area is 200 Å². The van der Waals surface area contributed by atoms with E-state index in [-0.39, 0.29) is 5.78 Å². The Morgan fingerprint density at radius 3 is 2.71 bits per heavy atom. The first-order valence-corrected chi connectivity index (χ1v) is 11.3. The fraction of sp³-hybridized carbons (Fsp3) is 0.370. The molecule has 1 aromatic heterocycles. The van der Waals surface area contributed by atoms with Crippen LogP contribution in [0.2, 0.25) is 0 Å². The number of Topliss-reactive ketones (excluding diaryl/α,β-unsaturated/α-hetero) is 1. The van der Waals surface area contributed by atoms with Crippen molar-refractivity contribution in [3.05, 3.63) is 48.3 Å². The molecule has 0 amide bonds. The van der Waals surface area contributed by atoms with E-state index in [0.29, 0.717) is 23.9 Å². The van der Waals surface area contributed by atoms with Crippen LogP contribution in [0.1, 0.15) is 45.1 Å². The van der Waals surface area contributed by atoms with E-state index in [1.807, 2.05) is 50.2 Å². The predicted octanol–water partition coefficient (Wildman–Crippen LogP) is 4.89. The fourth-order valence-electron chi connectivity index (χ4n) is 3.64. The molecule has 0 aliphatic rings. The van der Waals surface area contributed by atoms with Gasteiger partial charge < -0.3 is 19.9 Å². The number of methoxy groups -OCH3 is 1. The van der Waals surface area contributed by atoms with Crippen LogP contribution < -0.4 is 14.8 Å². The number of ketones is 1. The molecule has 3 rings (SSSR count). The number of terminal acetylenes is 1. The van der Waals surface area contributed by atoms with E-state index in [1.165, 1.54) is 6.33 Å². The van der Waals surface area contributed by atoms with Gasteiger partial charge in [0.25, 0.3) is 0 Å². The standard InChI is InChI=1S/C27H31N3O4/c1-5-19-10-9-11-20(14-19)30-26-21-15-24(23(33-4)16-22(21)28-18-29-26)34-13-8-6-7-12-27(2,3)25(32)17-31/h1,9-11,14-16,18,31H,6-8,12-13,17H2,2-4H3,(H,28,29,30). The quantitative estimate of drug-likeness (QED) is 0.293. The Hall–Kier alpha value is -3.63. The molecule has 1 heterocycles. The number of hydrogen-bond acceptors (Lipinski definition) is 7. The number of carbonyl (C=O) groups is 1. The number of unbranched alkanes of at least 4 members (excludes halogenated alkanes) is 2. The maximum Gasteiger partial charge on any atom is 0.163 e. The Morgan fingerprint density at radius 1 is 1.15 bits per heavy atom. The van der Waals surface area contributed by atoms with Gasteiger partial charge in [0.05, 0.1) is 19.2 Å². The molecule has 0 bridgehead atoms. The van der Waals surface area contributed by atoms with Crippen LogP contribution in [0.5, 0.6) is 11.5 Å². The molecule has 7 heteroatoms. The van der Waals surface area contributed by atoms with E-state index >= 15 is 0 Å². The highest BCUT2D eigenvalue weighted by molar-refractivity contribution is 5.93. The molecule has 0 radical (unpaired) electrons. The summed E-state index contributed by atoms with van der Waals surface area (Å²) in [7, 11) is 1.60. The molecule has 0 aliphatic carbocycles. The van der Waals surface area contributed by atoms with Gasteiger partial charge in [0.2, 0.25) is 0 Å². The van der Waals surface area contributed by atoms with Crippen molar-refractivity contribution in [3.63, 3.8) is 0 Å². The van der Waals surface area contributed by atoms with E-state index in [2.05, 4.69) is 21.2 Å². The average Bonchev–Trinajstić information content (AvgIpc) is 2.85. The lowest BCUT2D eigenvalue weighted by Gasteiger charge is -2.21. The summed E-state index contributed by atoms with van der Waals surface area (Å²) < 4.78 is 11.6. The smallest absolute Gasteiger partial charge is 0.163 e. The van der Waals surface area contributed by atoms with Crippen molar-refractivity contribution in [3.8, 4) is 23.8 Å². The summed E-state index contributed by atoms with van der Waals surface area (Å²) in [6.07, 6.45) is 10.4. The second kappa shape index (κ2) is 11.5. The summed E-state index contributed by atoms with van der Waals surface area (Å²) in [6.45, 7) is 3.85. The van der Waals surface area contributed by atoms with Gasteiger partial charge in [-0.25, -0.2) is 9.97 Å². The number of aliphatic hydroxyl groups is 1. The summed E-state index contributed by atoms with van der Waals surface area (Å²) in [5.41, 5.74) is 1.83. The highest BCUT2D eigenvalue weighted by atomic mass is 16.5. The van der Waals surface area contributed by atoms with Crippen molar-refractivity contribution >= 4 is 28.2 Å². The third-order valence-corrected chi connectivity index (χ3v) is 5.81. The molecule has 2 N–H and O–H groups in total. The third-order valence-electron chi connectivity index (χ3n) is 5.81. The Morgan fingerprint density at radius 2 is 1.97 bits per heavy atom. The van der Waals surface area contributed by atoms with Gasteiger partial charge in [-0.05, 0) is 37.1 Å². The normalized spacial score (nSPS) is 11.1. The minimum Gasteiger partial charge on any atom is -0.493 e. The van der Waals surface area contributed by atoms with Crippen molar-refractivity contribution in [2.45, 2.75) is 39.5 Å². The van der Waals surface area contributed by atoms with Crippen molar-refractivity contribution in [2.75, 3.05) is 25.6 Å². The van der Waals surface area contributed by atoms with Crippen molar-refractivity contribution in [2.24, 2.45) is 5.41 Å². The van der Waals surface area contributed by atoms with E-state index in [9.17, 15) is 4.79 Å². The second-order valence-electron chi connectivity index (χ2n) is 8.72. The van der Waals surface area contributed by atoms with Gasteiger partial charge in [-0.15, -0.1) is 6.42 Å². The molecular weight excluding hydrogens is 430 g/mol. The molecule has 0 aliphatic heterocycles. The first kappa shape index (κ1) is 25.0. The Bertz CT molecular complexity index is 1180. The van der Waals surface area contributed by atoms with Crippen molar-refractivity contribution < 1.29 is 19.4 Å². The third kappa shape index (κ3) is 6.24. The number of aromatic nitrogens is 2. The van der Waals surface area contributed by atoms with Crippen LogP contribution in [0.3, 0.4) is 0 Å². The van der Waals surface area contributed by atoms with Crippen LogP contribution in [0.4, 0.5) is 11.5 Å². The lowest BCUT2D eigenvalue weighted by Crippen LogP contribution is -2.26. The number of fused-ring (bicyclic) bond motifs is 1. The first-order valence-electron chi connectivity index (χ1n) is 11.3. The van der Waals surface area contributed by atoms with Crippen molar-refractivity contribution in [1.29, 1.82) is 0 Å². The van der Waals surface area contributed by atoms with E-state index in [1.54, 1.807) is 7.11 Å². The summed E-state index contributed by atoms with van der Waals surface area (Å²) in [5, 5.41) is 13.2. The largest absolute Gasteiger partial charge is 0.493 e. The summed E-state index contributed by atoms with van der Waals surface area (Å²) in [5.74, 6) is 4.36. The van der Waals surface area contributed by atoms with Crippen LogP contribution in [0, 0.1) is 17.8 Å². The SMILES string of the molecule is C#Cc1cccc(Nc2ncnc3cc(OC)c(OCCCCCC(C)(C)C(=O)CO)cc23)c1. The number of aliphatic hydroxyl groups excluding tert-OH is 1. The number of rotatable bonds is 12. The van der Waals surface area contributed by atoms with Gasteiger partial charge >= 0.3 is 0 Å². The van der Waals surface area contributed by atoms with Gasteiger partial charge in [-0.2, -0.15) is 0 Å². The second-order valence-corrected chi connectivity index (χ2v) is 8.72. The highest BCUT2D eigenvalue weighted by Crippen LogP contribution is 2.35. The van der Waals surface area contributed by atoms with Gasteiger partial charge in [-0.1, -0.05) is 38.7 Å². The summed E-state index contributed by atoms with van der Waals surface area (Å²) >= 11 is 0. The highest BCUT2D eigenvalue weighted by Gasteiger charge is 2.25. The van der Waals surface area contributed by atoms with Crippen LogP contribution in [-0.2, 0) is 4.79 Å². The van der Waals surface area contributed by atoms with Gasteiger partial charge in [0.1, 0.15) is 18.8 Å². The topological polar surface area (TPSA) is 93.6 Å². The molecular formula is C27H31N3O4. The predicted molar refractivity (Wildman–Crippen MR) is 134 cm³/mol. The number of anilines is 2. The molecule has 7 nitrogen and oxygen atoms in total. The molecule has 0 spiro atoms. The molecule has 34 heavy (non-hydrogen) atoms. The zero-order chi connectivity index (χ0) is 24.6. The van der Waals surface area contributed by atoms with Crippen LogP contribution >= 0.6 is 0 Å². The number of hydrogen-bond donors (Lipinski definition) is 2. The molecule has 0 saturated carbocycles. The monoisotopic (exact) mass is 461 g/mol. The maximum atomic E-state index is 11.8. The van der Waals surface area contributed by atoms with Crippen molar-refractivity contribution in [1.82, 2.24) is 9.97 Å². The van der Waals surface area contributed by atoms with E-state index < -0.39 is 12.0 Å². The number of nitrogens with one attached hydrogen (secondary N) is 1. The van der Waals surface area contributed by atoms with E-state index in [4.69, 9.17) is 21.0 Å². The molecule has 178 valence electrons. The zero-order valence-electron chi connectivity index (χ0n) is 19.9. The molecule has 3 aromatic rings. The van der Waals surface area contributed by atoms with Crippen LogP contribution in [-0.4, -0.2) is 41.2 Å². The lowest BCUT2D eigenvalue weighted by atomic mass is 9.83. The number of benzene rings is 2. The summed E-state index contributed by atoms with van der Waals surface area (Å²) in [6, 6.07) is 11.3. The summed E-state index contributed by atoms with van der Waals surface area (Å²) in [4.78, 5) is 20.5.